The minimum atomic E-state index is -0.782. The van der Waals surface area contributed by atoms with E-state index in [0.29, 0.717) is 103 Å². The number of carbonyl (C=O) groups is 8. The van der Waals surface area contributed by atoms with Gasteiger partial charge in [-0.05, 0) is 212 Å². The molecule has 0 unspecified atom stereocenters. The molecule has 0 atom stereocenters. The number of aliphatic carboxylic acids is 3. The van der Waals surface area contributed by atoms with Gasteiger partial charge in [0.15, 0.2) is 45.9 Å². The fourth-order valence-corrected chi connectivity index (χ4v) is 17.3. The number of nitrogens with zero attached hydrogens (tertiary/aromatic N) is 16. The highest BCUT2D eigenvalue weighted by Crippen LogP contribution is 2.35. The molecule has 6 aromatic carbocycles. The Bertz CT molecular complexity index is 6130. The Morgan fingerprint density at radius 3 is 1.06 bits per heavy atom. The molecule has 4 amide bonds. The molecule has 17 rings (SSSR count). The number of hydrogen-bond acceptors (Lipinski definition) is 29. The summed E-state index contributed by atoms with van der Waals surface area (Å²) in [5.41, 5.74) is 22.9. The van der Waals surface area contributed by atoms with Gasteiger partial charge in [0.25, 0.3) is 0 Å². The first kappa shape index (κ1) is 105. The number of nitrogen functional groups attached to an aromatic ring is 2. The first-order valence-electron chi connectivity index (χ1n) is 45.4. The number of aromatic nitrogens is 13. The molecule has 0 saturated carbocycles. The van der Waals surface area contributed by atoms with E-state index in [0.717, 1.165) is 176 Å². The number of Topliss-reactive ketones (excluding diaryl/α,β-unsaturated/α-hetero) is 1. The number of carboxylic acids is 3. The van der Waals surface area contributed by atoms with Gasteiger partial charge in [0.1, 0.15) is 20.8 Å². The van der Waals surface area contributed by atoms with Crippen molar-refractivity contribution < 1.29 is 53.7 Å². The average molecular weight is 1960 g/mol. The van der Waals surface area contributed by atoms with E-state index < -0.39 is 17.9 Å². The summed E-state index contributed by atoms with van der Waals surface area (Å²) >= 11 is 14.2. The molecule has 4 saturated heterocycles. The van der Waals surface area contributed by atoms with Gasteiger partial charge in [-0.15, -0.1) is 72.5 Å². The van der Waals surface area contributed by atoms with Crippen LogP contribution in [0.2, 0.25) is 10.2 Å². The van der Waals surface area contributed by atoms with E-state index in [4.69, 9.17) is 50.0 Å². The Morgan fingerprint density at radius 1 is 0.374 bits per heavy atom. The standard InChI is InChI=1S/C28H29N7O2S.C20H23N7OS.C19H22N4O3.C13H12ClN3O.C9H10O2.C6H6ClN.C6H11NO2/c1-19-5-4-6-20(15-19)16-26(37)30-24-8-9-25(32-31-24)35-13-10-21(11-14-35)28-34-33-27(38-28)18-23(36)17-22-7-2-3-12-29-22;1-13-3-2-4-14(11-13)12-18(28)22-16-5-6-17(24-23-16)27-9-7-15(8-10-27)19-25-26-20(21)29-19;1-13-3-2-4-14(11-13)12-18(24)20-16-5-6-17(22-21-16)23-9-7-15(8-10-23)19(25)26;1-9-3-2-4-10(7-9)8-13(18)15-12-6-5-11(14)16-17-12;1-7-3-2-4-8(5-7)6-9(10)11;7-5-1-3-6(8)4-2-5;8-6(9)5-1-3-7-4-2-5/h2-9,12,15,21H,10-11,13-14,16-18H2,1H3,(H,30,31,37);2-6,11,15H,7-10,12H2,1H3,(H2,21,26)(H,22,23,28);2-6,11,15H,7-10,12H2,1H3,(H,25,26)(H,20,21,24);2-7H,8H2,1H3,(H,15,17,18);2-5H,6H2,1H3,(H,10,11);1-4H,8H2;5,7H,1-4H2,(H,8,9). The molecular formula is C101H113Cl2N23O11S2. The van der Waals surface area contributed by atoms with Crippen LogP contribution in [-0.4, -0.2) is 181 Å². The quantitative estimate of drug-likeness (QED) is 0.0238. The van der Waals surface area contributed by atoms with Crippen molar-refractivity contribution in [2.45, 2.75) is 143 Å². The third-order valence-electron chi connectivity index (χ3n) is 22.3. The minimum absolute atomic E-state index is 0.0914. The molecular weight excluding hydrogens is 1850 g/mol. The van der Waals surface area contributed by atoms with Crippen LogP contribution in [0.15, 0.2) is 219 Å². The van der Waals surface area contributed by atoms with E-state index in [-0.39, 0.29) is 60.5 Å². The SMILES string of the molecule is Cc1cccc(CC(=O)Nc2ccc(Cl)nn2)c1.Cc1cccc(CC(=O)Nc2ccc(N3CCC(C(=O)O)CC3)nn2)c1.Cc1cccc(CC(=O)Nc2ccc(N3CCC(c4nnc(CC(=O)Cc5ccccn5)s4)CC3)nn2)c1.Cc1cccc(CC(=O)Nc2ccc(N3CCC(c4nnc(N)s4)CC3)nn2)c1.Cc1cccc(CC(=O)O)c1.Nc1ccc(Cl)cc1.O=C(O)C1CCNCC1. The number of aryl methyl sites for hydroxylation is 5. The largest absolute Gasteiger partial charge is 0.481 e. The van der Waals surface area contributed by atoms with Crippen molar-refractivity contribution in [1.82, 2.24) is 71.5 Å². The third kappa shape index (κ3) is 37.1. The zero-order chi connectivity index (χ0) is 99.0. The van der Waals surface area contributed by atoms with Crippen molar-refractivity contribution >= 4 is 145 Å². The average Bonchev–Trinajstić information content (AvgIpc) is 1.08. The number of hydrogen-bond donors (Lipinski definition) is 10. The van der Waals surface area contributed by atoms with Crippen LogP contribution in [0.4, 0.5) is 51.5 Å². The lowest BCUT2D eigenvalue weighted by molar-refractivity contribution is -0.143. The van der Waals surface area contributed by atoms with Crippen molar-refractivity contribution in [2.75, 3.05) is 99.8 Å². The third-order valence-corrected chi connectivity index (χ3v) is 24.8. The number of halogens is 2. The summed E-state index contributed by atoms with van der Waals surface area (Å²) in [7, 11) is 0. The summed E-state index contributed by atoms with van der Waals surface area (Å²) in [6.07, 6.45) is 10.2. The maximum atomic E-state index is 12.4. The second kappa shape index (κ2) is 54.4. The summed E-state index contributed by atoms with van der Waals surface area (Å²) in [5, 5.41) is 93.9. The molecule has 13 aromatic rings. The Labute approximate surface area is 824 Å². The van der Waals surface area contributed by atoms with Gasteiger partial charge < -0.3 is 68.1 Å². The zero-order valence-electron chi connectivity index (χ0n) is 77.8. The van der Waals surface area contributed by atoms with Crippen LogP contribution in [0.3, 0.4) is 0 Å². The Kier molecular flexibility index (Phi) is 41.0. The number of rotatable bonds is 25. The molecule has 12 N–H and O–H groups in total. The summed E-state index contributed by atoms with van der Waals surface area (Å²) in [6, 6.07) is 65.7. The predicted octanol–water partition coefficient (Wildman–Crippen LogP) is 15.2. The highest BCUT2D eigenvalue weighted by Gasteiger charge is 2.29. The number of carboxylic acid groups (broad SMARTS) is 3. The van der Waals surface area contributed by atoms with Crippen LogP contribution in [0, 0.1) is 46.5 Å². The lowest BCUT2D eigenvalue weighted by Gasteiger charge is -2.31. The highest BCUT2D eigenvalue weighted by atomic mass is 35.5. The molecule has 4 fully saturated rings. The number of benzene rings is 6. The summed E-state index contributed by atoms with van der Waals surface area (Å²) in [5.74, 6) is 1.82. The van der Waals surface area contributed by atoms with E-state index in [1.165, 1.54) is 22.7 Å². The van der Waals surface area contributed by atoms with Crippen molar-refractivity contribution in [3.8, 4) is 0 Å². The number of ketones is 1. The second-order valence-electron chi connectivity index (χ2n) is 33.7. The molecule has 0 spiro atoms. The lowest BCUT2D eigenvalue weighted by atomic mass is 9.97. The molecule has 0 bridgehead atoms. The number of nitrogens with one attached hydrogen (secondary N) is 5. The molecule has 0 radical (unpaired) electrons. The number of carbonyl (C=O) groups excluding carboxylic acids is 5. The van der Waals surface area contributed by atoms with Crippen LogP contribution in [0.5, 0.6) is 0 Å². The molecule has 724 valence electrons. The molecule has 34 nitrogen and oxygen atoms in total. The smallest absolute Gasteiger partial charge is 0.307 e. The Morgan fingerprint density at radius 2 is 0.741 bits per heavy atom. The van der Waals surface area contributed by atoms with Crippen LogP contribution in [0.25, 0.3) is 0 Å². The van der Waals surface area contributed by atoms with Gasteiger partial charge in [-0.3, -0.25) is 43.3 Å². The van der Waals surface area contributed by atoms with Crippen molar-refractivity contribution in [3.63, 3.8) is 0 Å². The number of pyridine rings is 1. The maximum Gasteiger partial charge on any atom is 0.307 e. The summed E-state index contributed by atoms with van der Waals surface area (Å²) in [4.78, 5) is 103. The number of nitrogens with two attached hydrogens (primary N) is 2. The first-order valence-corrected chi connectivity index (χ1v) is 47.8. The fourth-order valence-electron chi connectivity index (χ4n) is 15.3. The van der Waals surface area contributed by atoms with Gasteiger partial charge in [0, 0.05) is 80.1 Å². The minimum Gasteiger partial charge on any atom is -0.481 e. The van der Waals surface area contributed by atoms with Crippen LogP contribution < -0.4 is 52.8 Å². The summed E-state index contributed by atoms with van der Waals surface area (Å²) in [6.45, 7) is 16.4. The van der Waals surface area contributed by atoms with Crippen LogP contribution in [-0.2, 0) is 83.3 Å². The van der Waals surface area contributed by atoms with E-state index in [2.05, 4.69) is 103 Å². The second-order valence-corrected chi connectivity index (χ2v) is 36.7. The normalized spacial score (nSPS) is 13.6. The monoisotopic (exact) mass is 1960 g/mol. The summed E-state index contributed by atoms with van der Waals surface area (Å²) < 4.78 is 0. The van der Waals surface area contributed by atoms with E-state index in [1.807, 2.05) is 191 Å². The molecule has 7 aromatic heterocycles. The Hall–Kier alpha value is -14.6. The van der Waals surface area contributed by atoms with Gasteiger partial charge in [0.2, 0.25) is 28.8 Å². The van der Waals surface area contributed by atoms with Gasteiger partial charge >= 0.3 is 17.9 Å². The van der Waals surface area contributed by atoms with Crippen molar-refractivity contribution in [3.05, 3.63) is 305 Å². The van der Waals surface area contributed by atoms with Crippen molar-refractivity contribution in [1.29, 1.82) is 0 Å². The molecule has 139 heavy (non-hydrogen) atoms. The topological polar surface area (TPSA) is 487 Å². The molecule has 4 aliphatic heterocycles. The molecule has 11 heterocycles. The maximum absolute atomic E-state index is 12.4. The Balaban J connectivity index is 0.000000165. The van der Waals surface area contributed by atoms with Crippen LogP contribution in [0.1, 0.15) is 140 Å². The van der Waals surface area contributed by atoms with E-state index in [9.17, 15) is 38.4 Å². The van der Waals surface area contributed by atoms with E-state index in [1.54, 1.807) is 66.9 Å². The lowest BCUT2D eigenvalue weighted by Crippen LogP contribution is -2.36. The number of amides is 4. The first-order chi connectivity index (χ1) is 67.0. The fraction of sp³-hybridized carbons (Fsp3) is 0.317. The van der Waals surface area contributed by atoms with Crippen LogP contribution >= 0.6 is 45.9 Å². The van der Waals surface area contributed by atoms with Gasteiger partial charge in [-0.25, -0.2) is 0 Å². The molecule has 38 heteroatoms. The van der Waals surface area contributed by atoms with Crippen molar-refractivity contribution in [2.24, 2.45) is 11.8 Å². The molecule has 4 aliphatic rings. The van der Waals surface area contributed by atoms with Gasteiger partial charge in [-0.1, -0.05) is 190 Å². The predicted molar refractivity (Wildman–Crippen MR) is 541 cm³/mol. The molecule has 0 aliphatic carbocycles. The van der Waals surface area contributed by atoms with E-state index >= 15 is 0 Å². The number of anilines is 9. The van der Waals surface area contributed by atoms with Gasteiger partial charge in [0.05, 0.1) is 50.4 Å². The van der Waals surface area contributed by atoms with Gasteiger partial charge in [-0.2, -0.15) is 0 Å². The zero-order valence-corrected chi connectivity index (χ0v) is 81.0. The highest BCUT2D eigenvalue weighted by molar-refractivity contribution is 7.15. The number of piperidine rings is 4.